The number of para-hydroxylation sites is 1. The van der Waals surface area contributed by atoms with Crippen molar-refractivity contribution in [1.82, 2.24) is 4.57 Å². The van der Waals surface area contributed by atoms with Gasteiger partial charge in [0.2, 0.25) is 0 Å². The third kappa shape index (κ3) is 2.43. The van der Waals surface area contributed by atoms with Crippen LogP contribution >= 0.6 is 0 Å². The summed E-state index contributed by atoms with van der Waals surface area (Å²) >= 11 is 0. The highest BCUT2D eigenvalue weighted by Gasteiger charge is 2.16. The van der Waals surface area contributed by atoms with E-state index in [1.165, 1.54) is 12.8 Å². The first-order chi connectivity index (χ1) is 9.25. The van der Waals surface area contributed by atoms with E-state index in [2.05, 4.69) is 4.57 Å². The van der Waals surface area contributed by atoms with Crippen LogP contribution in [0.15, 0.2) is 35.1 Å². The number of aromatic nitrogens is 1. The molecule has 2 heterocycles. The highest BCUT2D eigenvalue weighted by atomic mass is 16.5. The van der Waals surface area contributed by atoms with Gasteiger partial charge < -0.3 is 9.30 Å². The first-order valence-corrected chi connectivity index (χ1v) is 6.96. The molecule has 1 fully saturated rings. The molecule has 1 aromatic heterocycles. The summed E-state index contributed by atoms with van der Waals surface area (Å²) in [6, 6.07) is 9.55. The first kappa shape index (κ1) is 12.4. The van der Waals surface area contributed by atoms with Crippen LogP contribution in [-0.2, 0) is 11.3 Å². The Morgan fingerprint density at radius 1 is 1.32 bits per heavy atom. The van der Waals surface area contributed by atoms with Gasteiger partial charge in [0.15, 0.2) is 5.43 Å². The maximum atomic E-state index is 12.0. The van der Waals surface area contributed by atoms with Crippen LogP contribution in [0.2, 0.25) is 0 Å². The topological polar surface area (TPSA) is 31.2 Å². The van der Waals surface area contributed by atoms with Crippen molar-refractivity contribution in [2.45, 2.75) is 38.8 Å². The Labute approximate surface area is 112 Å². The molecule has 1 atom stereocenters. The van der Waals surface area contributed by atoms with Crippen molar-refractivity contribution in [3.63, 3.8) is 0 Å². The number of fused-ring (bicyclic) bond motifs is 1. The number of ether oxygens (including phenoxy) is 1. The normalized spacial score (nSPS) is 19.7. The van der Waals surface area contributed by atoms with Gasteiger partial charge in [-0.1, -0.05) is 12.1 Å². The fraction of sp³-hybridized carbons (Fsp3) is 0.438. The van der Waals surface area contributed by atoms with Crippen molar-refractivity contribution < 1.29 is 4.74 Å². The second-order valence-electron chi connectivity index (χ2n) is 5.27. The van der Waals surface area contributed by atoms with E-state index in [9.17, 15) is 4.79 Å². The highest BCUT2D eigenvalue weighted by Crippen LogP contribution is 2.18. The van der Waals surface area contributed by atoms with Crippen LogP contribution in [0.5, 0.6) is 0 Å². The average molecular weight is 257 g/mol. The Balaban J connectivity index is 2.04. The summed E-state index contributed by atoms with van der Waals surface area (Å²) in [5.41, 5.74) is 2.13. The lowest BCUT2D eigenvalue weighted by Gasteiger charge is -2.25. The lowest BCUT2D eigenvalue weighted by atomic mass is 10.1. The molecule has 0 aliphatic carbocycles. The predicted molar refractivity (Wildman–Crippen MR) is 76.5 cm³/mol. The van der Waals surface area contributed by atoms with Crippen LogP contribution in [0.1, 0.15) is 25.0 Å². The molecule has 19 heavy (non-hydrogen) atoms. The average Bonchev–Trinajstić information content (AvgIpc) is 2.45. The Morgan fingerprint density at radius 2 is 2.16 bits per heavy atom. The van der Waals surface area contributed by atoms with Crippen molar-refractivity contribution in [2.24, 2.45) is 0 Å². The number of hydrogen-bond acceptors (Lipinski definition) is 2. The van der Waals surface area contributed by atoms with Gasteiger partial charge in [-0.2, -0.15) is 0 Å². The van der Waals surface area contributed by atoms with E-state index < -0.39 is 0 Å². The van der Waals surface area contributed by atoms with E-state index in [0.717, 1.165) is 36.2 Å². The highest BCUT2D eigenvalue weighted by molar-refractivity contribution is 5.79. The summed E-state index contributed by atoms with van der Waals surface area (Å²) in [6.07, 6.45) is 3.79. The minimum Gasteiger partial charge on any atom is -0.376 e. The van der Waals surface area contributed by atoms with E-state index in [0.29, 0.717) is 0 Å². The molecule has 1 aliphatic rings. The lowest BCUT2D eigenvalue weighted by Crippen LogP contribution is -2.26. The zero-order valence-corrected chi connectivity index (χ0v) is 11.3. The quantitative estimate of drug-likeness (QED) is 0.828. The molecule has 0 saturated carbocycles. The van der Waals surface area contributed by atoms with Crippen molar-refractivity contribution in [3.8, 4) is 0 Å². The summed E-state index contributed by atoms with van der Waals surface area (Å²) < 4.78 is 8.03. The summed E-state index contributed by atoms with van der Waals surface area (Å²) in [6.45, 7) is 3.70. The number of benzene rings is 1. The first-order valence-electron chi connectivity index (χ1n) is 6.96. The van der Waals surface area contributed by atoms with Crippen molar-refractivity contribution >= 4 is 10.9 Å². The van der Waals surface area contributed by atoms with Crippen LogP contribution in [0.3, 0.4) is 0 Å². The van der Waals surface area contributed by atoms with Crippen molar-refractivity contribution in [3.05, 3.63) is 46.2 Å². The maximum Gasteiger partial charge on any atom is 0.189 e. The molecule has 100 valence electrons. The molecule has 0 amide bonds. The van der Waals surface area contributed by atoms with E-state index in [-0.39, 0.29) is 11.5 Å². The molecule has 0 spiro atoms. The van der Waals surface area contributed by atoms with E-state index >= 15 is 0 Å². The van der Waals surface area contributed by atoms with Crippen LogP contribution < -0.4 is 5.43 Å². The fourth-order valence-corrected chi connectivity index (χ4v) is 2.85. The van der Waals surface area contributed by atoms with Gasteiger partial charge in [0.05, 0.1) is 11.6 Å². The van der Waals surface area contributed by atoms with Gasteiger partial charge in [-0.05, 0) is 38.3 Å². The molecular formula is C16H19NO2. The number of hydrogen-bond donors (Lipinski definition) is 0. The second kappa shape index (κ2) is 5.17. The Hall–Kier alpha value is -1.61. The van der Waals surface area contributed by atoms with Gasteiger partial charge in [0, 0.05) is 30.3 Å². The van der Waals surface area contributed by atoms with Gasteiger partial charge in [-0.15, -0.1) is 0 Å². The minimum atomic E-state index is 0.105. The molecule has 1 saturated heterocycles. The van der Waals surface area contributed by atoms with Crippen LogP contribution in [0.25, 0.3) is 10.9 Å². The second-order valence-corrected chi connectivity index (χ2v) is 5.27. The molecule has 0 bridgehead atoms. The SMILES string of the molecule is Cc1cc(=O)c2ccccc2n1C[C@H]1CCCCO1. The van der Waals surface area contributed by atoms with E-state index in [1.54, 1.807) is 6.07 Å². The maximum absolute atomic E-state index is 12.0. The number of rotatable bonds is 2. The predicted octanol–water partition coefficient (Wildman–Crippen LogP) is 2.88. The summed E-state index contributed by atoms with van der Waals surface area (Å²) in [4.78, 5) is 12.0. The van der Waals surface area contributed by atoms with Crippen molar-refractivity contribution in [2.75, 3.05) is 6.61 Å². The van der Waals surface area contributed by atoms with Gasteiger partial charge in [0.25, 0.3) is 0 Å². The third-order valence-corrected chi connectivity index (χ3v) is 3.89. The van der Waals surface area contributed by atoms with Gasteiger partial charge >= 0.3 is 0 Å². The molecule has 3 heteroatoms. The lowest BCUT2D eigenvalue weighted by molar-refractivity contribution is 0.00631. The minimum absolute atomic E-state index is 0.105. The molecule has 3 rings (SSSR count). The molecule has 2 aromatic rings. The smallest absolute Gasteiger partial charge is 0.189 e. The van der Waals surface area contributed by atoms with Crippen LogP contribution in [0.4, 0.5) is 0 Å². The number of nitrogens with zero attached hydrogens (tertiary/aromatic N) is 1. The van der Waals surface area contributed by atoms with Crippen LogP contribution in [-0.4, -0.2) is 17.3 Å². The Bertz CT molecular complexity index is 639. The zero-order valence-electron chi connectivity index (χ0n) is 11.3. The molecule has 1 aliphatic heterocycles. The van der Waals surface area contributed by atoms with E-state index in [4.69, 9.17) is 4.74 Å². The Kier molecular flexibility index (Phi) is 3.38. The standard InChI is InChI=1S/C16H19NO2/c1-12-10-16(18)14-7-2-3-8-15(14)17(12)11-13-6-4-5-9-19-13/h2-3,7-8,10,13H,4-6,9,11H2,1H3/t13-/m1/s1. The zero-order chi connectivity index (χ0) is 13.2. The van der Waals surface area contributed by atoms with Gasteiger partial charge in [-0.25, -0.2) is 0 Å². The van der Waals surface area contributed by atoms with Gasteiger partial charge in [0.1, 0.15) is 0 Å². The molecule has 1 aromatic carbocycles. The molecular weight excluding hydrogens is 238 g/mol. The number of aryl methyl sites for hydroxylation is 1. The summed E-state index contributed by atoms with van der Waals surface area (Å²) in [7, 11) is 0. The van der Waals surface area contributed by atoms with Crippen molar-refractivity contribution in [1.29, 1.82) is 0 Å². The molecule has 0 N–H and O–H groups in total. The monoisotopic (exact) mass is 257 g/mol. The van der Waals surface area contributed by atoms with Crippen LogP contribution in [0, 0.1) is 6.92 Å². The summed E-state index contributed by atoms with van der Waals surface area (Å²) in [5, 5.41) is 0.795. The largest absolute Gasteiger partial charge is 0.376 e. The van der Waals surface area contributed by atoms with E-state index in [1.807, 2.05) is 31.2 Å². The fourth-order valence-electron chi connectivity index (χ4n) is 2.85. The van der Waals surface area contributed by atoms with Gasteiger partial charge in [-0.3, -0.25) is 4.79 Å². The Morgan fingerprint density at radius 3 is 2.95 bits per heavy atom. The molecule has 0 radical (unpaired) electrons. The third-order valence-electron chi connectivity index (χ3n) is 3.89. The molecule has 3 nitrogen and oxygen atoms in total. The number of pyridine rings is 1. The molecule has 0 unspecified atom stereocenters. The summed E-state index contributed by atoms with van der Waals surface area (Å²) in [5.74, 6) is 0.